The van der Waals surface area contributed by atoms with Crippen LogP contribution in [0.5, 0.6) is 0 Å². The van der Waals surface area contributed by atoms with E-state index in [1.165, 1.54) is 6.07 Å². The average molecular weight is 266 g/mol. The maximum absolute atomic E-state index is 12.4. The van der Waals surface area contributed by atoms with Crippen LogP contribution in [-0.2, 0) is 17.4 Å². The van der Waals surface area contributed by atoms with E-state index < -0.39 is 11.7 Å². The van der Waals surface area contributed by atoms with Crippen LogP contribution < -0.4 is 5.32 Å². The second kappa shape index (κ2) is 5.91. The Balaban J connectivity index is 2.58. The number of amides is 1. The van der Waals surface area contributed by atoms with Crippen LogP contribution in [0.3, 0.4) is 0 Å². The first-order chi connectivity index (χ1) is 7.93. The van der Waals surface area contributed by atoms with Gasteiger partial charge in [0.2, 0.25) is 5.91 Å². The molecule has 1 rings (SSSR count). The molecule has 0 bridgehead atoms. The van der Waals surface area contributed by atoms with Crippen molar-refractivity contribution in [3.63, 3.8) is 0 Å². The van der Waals surface area contributed by atoms with E-state index in [2.05, 4.69) is 5.32 Å². The fourth-order valence-electron chi connectivity index (χ4n) is 1.30. The molecular formula is C11H11ClF3NO. The molecule has 1 aromatic rings. The lowest BCUT2D eigenvalue weighted by Gasteiger charge is -2.08. The fourth-order valence-corrected chi connectivity index (χ4v) is 1.39. The van der Waals surface area contributed by atoms with Gasteiger partial charge in [-0.2, -0.15) is 13.2 Å². The minimum atomic E-state index is -4.34. The quantitative estimate of drug-likeness (QED) is 0.833. The number of nitrogens with one attached hydrogen (secondary N) is 1. The zero-order chi connectivity index (χ0) is 12.9. The highest BCUT2D eigenvalue weighted by atomic mass is 35.5. The summed E-state index contributed by atoms with van der Waals surface area (Å²) >= 11 is 5.26. The van der Waals surface area contributed by atoms with E-state index in [9.17, 15) is 18.0 Å². The molecule has 0 aliphatic carbocycles. The van der Waals surface area contributed by atoms with Crippen molar-refractivity contribution in [3.05, 3.63) is 35.4 Å². The van der Waals surface area contributed by atoms with Gasteiger partial charge in [-0.3, -0.25) is 4.79 Å². The Bertz CT molecular complexity index is 393. The largest absolute Gasteiger partial charge is 0.416 e. The van der Waals surface area contributed by atoms with Crippen LogP contribution >= 0.6 is 11.6 Å². The highest BCUT2D eigenvalue weighted by Crippen LogP contribution is 2.29. The molecule has 0 unspecified atom stereocenters. The highest BCUT2D eigenvalue weighted by Gasteiger charge is 2.30. The Morgan fingerprint density at radius 3 is 2.65 bits per heavy atom. The van der Waals surface area contributed by atoms with E-state index in [0.717, 1.165) is 12.1 Å². The number of benzene rings is 1. The van der Waals surface area contributed by atoms with Gasteiger partial charge >= 0.3 is 6.18 Å². The second-order valence-corrected chi connectivity index (χ2v) is 3.70. The Hall–Kier alpha value is -1.23. The molecule has 0 aliphatic rings. The molecular weight excluding hydrogens is 255 g/mol. The molecule has 1 N–H and O–H groups in total. The van der Waals surface area contributed by atoms with Gasteiger partial charge in [-0.1, -0.05) is 18.2 Å². The van der Waals surface area contributed by atoms with Gasteiger partial charge in [0.05, 0.1) is 5.56 Å². The molecule has 0 atom stereocenters. The normalized spacial score (nSPS) is 11.3. The van der Waals surface area contributed by atoms with Crippen molar-refractivity contribution in [2.24, 2.45) is 0 Å². The van der Waals surface area contributed by atoms with Gasteiger partial charge in [-0.05, 0) is 18.1 Å². The molecule has 0 heterocycles. The molecule has 0 spiro atoms. The fraction of sp³-hybridized carbons (Fsp3) is 0.364. The molecule has 17 heavy (non-hydrogen) atoms. The number of hydrogen-bond acceptors (Lipinski definition) is 1. The van der Waals surface area contributed by atoms with Crippen molar-refractivity contribution in [3.8, 4) is 0 Å². The minimum Gasteiger partial charge on any atom is -0.355 e. The van der Waals surface area contributed by atoms with Crippen LogP contribution in [-0.4, -0.2) is 18.3 Å². The number of halogens is 4. The molecule has 0 saturated heterocycles. The number of carbonyl (C=O) groups excluding carboxylic acids is 1. The predicted octanol–water partition coefficient (Wildman–Crippen LogP) is 2.60. The molecule has 1 aromatic carbocycles. The highest BCUT2D eigenvalue weighted by molar-refractivity contribution is 6.27. The molecule has 0 fully saturated rings. The second-order valence-electron chi connectivity index (χ2n) is 3.43. The Morgan fingerprint density at radius 1 is 1.35 bits per heavy atom. The van der Waals surface area contributed by atoms with E-state index in [4.69, 9.17) is 11.6 Å². The van der Waals surface area contributed by atoms with E-state index >= 15 is 0 Å². The van der Waals surface area contributed by atoms with Gasteiger partial charge in [0.25, 0.3) is 0 Å². The van der Waals surface area contributed by atoms with E-state index in [1.807, 2.05) is 0 Å². The lowest BCUT2D eigenvalue weighted by molar-refractivity contribution is -0.137. The predicted molar refractivity (Wildman–Crippen MR) is 58.9 cm³/mol. The first-order valence-corrected chi connectivity index (χ1v) is 5.45. The van der Waals surface area contributed by atoms with Crippen molar-refractivity contribution in [1.29, 1.82) is 0 Å². The Labute approximate surface area is 102 Å². The maximum atomic E-state index is 12.4. The summed E-state index contributed by atoms with van der Waals surface area (Å²) in [5.41, 5.74) is -0.159. The van der Waals surface area contributed by atoms with Gasteiger partial charge in [-0.25, -0.2) is 0 Å². The molecule has 0 aromatic heterocycles. The van der Waals surface area contributed by atoms with Gasteiger partial charge in [0, 0.05) is 6.54 Å². The molecule has 2 nitrogen and oxygen atoms in total. The van der Waals surface area contributed by atoms with E-state index in [-0.39, 0.29) is 18.3 Å². The average Bonchev–Trinajstić information content (AvgIpc) is 2.28. The topological polar surface area (TPSA) is 29.1 Å². The summed E-state index contributed by atoms with van der Waals surface area (Å²) in [5, 5.41) is 2.49. The summed E-state index contributed by atoms with van der Waals surface area (Å²) in [6, 6.07) is 5.03. The minimum absolute atomic E-state index is 0.150. The van der Waals surface area contributed by atoms with Crippen LogP contribution in [0.1, 0.15) is 11.1 Å². The van der Waals surface area contributed by atoms with Gasteiger partial charge in [-0.15, -0.1) is 11.6 Å². The molecule has 6 heteroatoms. The van der Waals surface area contributed by atoms with Crippen molar-refractivity contribution in [2.75, 3.05) is 12.4 Å². The van der Waals surface area contributed by atoms with Crippen molar-refractivity contribution < 1.29 is 18.0 Å². The van der Waals surface area contributed by atoms with Crippen molar-refractivity contribution in [1.82, 2.24) is 5.32 Å². The van der Waals surface area contributed by atoms with E-state index in [1.54, 1.807) is 6.07 Å². The van der Waals surface area contributed by atoms with E-state index in [0.29, 0.717) is 12.0 Å². The van der Waals surface area contributed by atoms with Gasteiger partial charge < -0.3 is 5.32 Å². The third-order valence-corrected chi connectivity index (χ3v) is 2.35. The third-order valence-electron chi connectivity index (χ3n) is 2.11. The van der Waals surface area contributed by atoms with Crippen LogP contribution in [0.15, 0.2) is 24.3 Å². The molecule has 0 radical (unpaired) electrons. The first-order valence-electron chi connectivity index (χ1n) is 4.92. The molecule has 0 saturated carbocycles. The summed E-state index contributed by atoms with van der Waals surface area (Å²) in [7, 11) is 0. The smallest absolute Gasteiger partial charge is 0.355 e. The number of alkyl halides is 4. The van der Waals surface area contributed by atoms with Crippen molar-refractivity contribution >= 4 is 17.5 Å². The summed E-state index contributed by atoms with van der Waals surface area (Å²) in [6.07, 6.45) is -4.00. The van der Waals surface area contributed by atoms with Gasteiger partial charge in [0.1, 0.15) is 5.88 Å². The molecule has 0 aliphatic heterocycles. The van der Waals surface area contributed by atoms with Crippen LogP contribution in [0.25, 0.3) is 0 Å². The van der Waals surface area contributed by atoms with Crippen LogP contribution in [0.4, 0.5) is 13.2 Å². The third kappa shape index (κ3) is 4.65. The monoisotopic (exact) mass is 265 g/mol. The Kier molecular flexibility index (Phi) is 4.81. The van der Waals surface area contributed by atoms with Gasteiger partial charge in [0.15, 0.2) is 0 Å². The Morgan fingerprint density at radius 2 is 2.06 bits per heavy atom. The summed E-state index contributed by atoms with van der Waals surface area (Å²) in [6.45, 7) is 0.271. The van der Waals surface area contributed by atoms with Crippen LogP contribution in [0.2, 0.25) is 0 Å². The zero-order valence-corrected chi connectivity index (χ0v) is 9.61. The summed E-state index contributed by atoms with van der Waals surface area (Å²) in [4.78, 5) is 10.8. The maximum Gasteiger partial charge on any atom is 0.416 e. The lowest BCUT2D eigenvalue weighted by atomic mass is 10.1. The van der Waals surface area contributed by atoms with Crippen LogP contribution in [0, 0.1) is 0 Å². The van der Waals surface area contributed by atoms with Crippen molar-refractivity contribution in [2.45, 2.75) is 12.6 Å². The molecule has 1 amide bonds. The zero-order valence-electron chi connectivity index (χ0n) is 8.85. The summed E-state index contributed by atoms with van der Waals surface area (Å²) in [5.74, 6) is -0.485. The standard InChI is InChI=1S/C11H11ClF3NO/c12-7-10(17)16-5-4-8-2-1-3-9(6-8)11(13,14)15/h1-3,6H,4-5,7H2,(H,16,17). The lowest BCUT2D eigenvalue weighted by Crippen LogP contribution is -2.26. The number of hydrogen-bond donors (Lipinski definition) is 1. The number of carbonyl (C=O) groups is 1. The summed E-state index contributed by atoms with van der Waals surface area (Å²) < 4.78 is 37.2. The first kappa shape index (κ1) is 13.8. The molecule has 94 valence electrons. The SMILES string of the molecule is O=C(CCl)NCCc1cccc(C(F)(F)F)c1. The number of rotatable bonds is 4.